The van der Waals surface area contributed by atoms with Crippen LogP contribution >= 0.6 is 0 Å². The molecule has 3 heteroatoms. The Morgan fingerprint density at radius 2 is 1.71 bits per heavy atom. The predicted octanol–water partition coefficient (Wildman–Crippen LogP) is 6.98. The van der Waals surface area contributed by atoms with Crippen molar-refractivity contribution in [3.8, 4) is 11.8 Å². The predicted molar refractivity (Wildman–Crippen MR) is 125 cm³/mol. The van der Waals surface area contributed by atoms with E-state index in [1.807, 2.05) is 12.1 Å². The molecule has 2 aromatic carbocycles. The smallest absolute Gasteiger partial charge is 0.314 e. The Hall–Kier alpha value is -2.60. The molecule has 1 saturated carbocycles. The Labute approximate surface area is 187 Å². The van der Waals surface area contributed by atoms with E-state index in [-0.39, 0.29) is 11.9 Å². The van der Waals surface area contributed by atoms with Crippen LogP contribution in [-0.4, -0.2) is 5.97 Å². The second-order valence-corrected chi connectivity index (χ2v) is 9.34. The summed E-state index contributed by atoms with van der Waals surface area (Å²) in [7, 11) is 0. The molecule has 0 bridgehead atoms. The number of aryl methyl sites for hydroxylation is 2. The number of nitrogens with zero attached hydrogens (tertiary/aromatic N) is 1. The lowest BCUT2D eigenvalue weighted by molar-refractivity contribution is -0.140. The van der Waals surface area contributed by atoms with Gasteiger partial charge in [-0.15, -0.1) is 0 Å². The van der Waals surface area contributed by atoms with Crippen LogP contribution in [0.2, 0.25) is 0 Å². The Balaban J connectivity index is 1.54. The summed E-state index contributed by atoms with van der Waals surface area (Å²) in [6.45, 7) is 6.64. The van der Waals surface area contributed by atoms with E-state index in [9.17, 15) is 10.1 Å². The maximum atomic E-state index is 12.7. The molecule has 0 radical (unpaired) electrons. The van der Waals surface area contributed by atoms with Crippen molar-refractivity contribution < 1.29 is 9.53 Å². The highest BCUT2D eigenvalue weighted by Gasteiger charge is 2.29. The van der Waals surface area contributed by atoms with Crippen molar-refractivity contribution in [3.63, 3.8) is 0 Å². The van der Waals surface area contributed by atoms with Crippen LogP contribution in [0, 0.1) is 23.2 Å². The van der Waals surface area contributed by atoms with Crippen LogP contribution in [0.15, 0.2) is 42.5 Å². The van der Waals surface area contributed by atoms with Gasteiger partial charge in [-0.3, -0.25) is 4.79 Å². The highest BCUT2D eigenvalue weighted by Crippen LogP contribution is 2.37. The molecule has 1 fully saturated rings. The zero-order chi connectivity index (χ0) is 22.2. The topological polar surface area (TPSA) is 50.1 Å². The largest absolute Gasteiger partial charge is 0.425 e. The van der Waals surface area contributed by atoms with Gasteiger partial charge in [0.05, 0.1) is 11.5 Å². The van der Waals surface area contributed by atoms with Gasteiger partial charge in [-0.25, -0.2) is 0 Å². The third-order valence-electron chi connectivity index (χ3n) is 6.44. The molecule has 31 heavy (non-hydrogen) atoms. The van der Waals surface area contributed by atoms with E-state index < -0.39 is 0 Å². The third-order valence-corrected chi connectivity index (χ3v) is 6.44. The van der Waals surface area contributed by atoms with Gasteiger partial charge >= 0.3 is 5.97 Å². The van der Waals surface area contributed by atoms with Crippen LogP contribution in [0.4, 0.5) is 0 Å². The Kier molecular flexibility index (Phi) is 8.29. The number of rotatable bonds is 8. The maximum absolute atomic E-state index is 12.7. The summed E-state index contributed by atoms with van der Waals surface area (Å²) in [6, 6.07) is 16.8. The van der Waals surface area contributed by atoms with Gasteiger partial charge in [0.2, 0.25) is 0 Å². The molecule has 0 unspecified atom stereocenters. The van der Waals surface area contributed by atoms with Crippen LogP contribution in [0.1, 0.15) is 87.5 Å². The number of benzene rings is 2. The normalized spacial score (nSPS) is 18.5. The Morgan fingerprint density at radius 3 is 2.32 bits per heavy atom. The first-order chi connectivity index (χ1) is 15.0. The third kappa shape index (κ3) is 6.44. The standard InChI is InChI=1S/C28H35NO2/c1-4-5-22-10-17-27(26(18-22)19-29)31-28(30)25-15-13-24(14-16-25)23-11-8-21(9-12-23)7-6-20(2)3/h8-12,17-18,20,24-25H,4-7,13-16H2,1-3H3. The van der Waals surface area contributed by atoms with Gasteiger partial charge in [-0.2, -0.15) is 5.26 Å². The fourth-order valence-electron chi connectivity index (χ4n) is 4.46. The summed E-state index contributed by atoms with van der Waals surface area (Å²) in [6.07, 6.45) is 8.00. The van der Waals surface area contributed by atoms with Gasteiger partial charge in [0, 0.05) is 0 Å². The van der Waals surface area contributed by atoms with E-state index in [0.29, 0.717) is 17.2 Å². The minimum atomic E-state index is -0.192. The van der Waals surface area contributed by atoms with Gasteiger partial charge in [-0.1, -0.05) is 57.5 Å². The summed E-state index contributed by atoms with van der Waals surface area (Å²) in [4.78, 5) is 12.7. The minimum absolute atomic E-state index is 0.0802. The van der Waals surface area contributed by atoms with E-state index in [4.69, 9.17) is 4.74 Å². The first-order valence-electron chi connectivity index (χ1n) is 11.8. The number of esters is 1. The SMILES string of the molecule is CCCc1ccc(OC(=O)C2CCC(c3ccc(CCC(C)C)cc3)CC2)c(C#N)c1. The van der Waals surface area contributed by atoms with Crippen LogP contribution in [0.5, 0.6) is 5.75 Å². The first-order valence-corrected chi connectivity index (χ1v) is 11.8. The molecule has 0 saturated heterocycles. The number of carbonyl (C=O) groups excluding carboxylic acids is 1. The van der Waals surface area contributed by atoms with Crippen LogP contribution in [0.3, 0.4) is 0 Å². The van der Waals surface area contributed by atoms with E-state index in [1.54, 1.807) is 6.07 Å². The van der Waals surface area contributed by atoms with E-state index in [1.165, 1.54) is 17.5 Å². The van der Waals surface area contributed by atoms with Crippen molar-refractivity contribution in [2.45, 2.75) is 78.1 Å². The molecule has 0 spiro atoms. The van der Waals surface area contributed by atoms with E-state index >= 15 is 0 Å². The molecule has 1 aliphatic carbocycles. The quantitative estimate of drug-likeness (QED) is 0.344. The molecule has 0 aliphatic heterocycles. The van der Waals surface area contributed by atoms with Gasteiger partial charge in [0.1, 0.15) is 11.8 Å². The van der Waals surface area contributed by atoms with E-state index in [0.717, 1.165) is 56.4 Å². The average Bonchev–Trinajstić information content (AvgIpc) is 2.79. The number of carbonyl (C=O) groups is 1. The molecular weight excluding hydrogens is 382 g/mol. The monoisotopic (exact) mass is 417 g/mol. The molecular formula is C28H35NO2. The molecule has 0 N–H and O–H groups in total. The highest BCUT2D eigenvalue weighted by molar-refractivity contribution is 5.76. The average molecular weight is 418 g/mol. The summed E-state index contributed by atoms with van der Waals surface area (Å²) >= 11 is 0. The number of nitriles is 1. The fraction of sp³-hybridized carbons (Fsp3) is 0.500. The first kappa shape index (κ1) is 23.1. The van der Waals surface area contributed by atoms with E-state index in [2.05, 4.69) is 51.1 Å². The summed E-state index contributed by atoms with van der Waals surface area (Å²) in [5.41, 5.74) is 4.35. The second-order valence-electron chi connectivity index (χ2n) is 9.34. The van der Waals surface area contributed by atoms with Crippen LogP contribution in [-0.2, 0) is 17.6 Å². The van der Waals surface area contributed by atoms with Gasteiger partial charge in [-0.05, 0) is 85.6 Å². The van der Waals surface area contributed by atoms with Crippen molar-refractivity contribution in [3.05, 3.63) is 64.7 Å². The summed E-state index contributed by atoms with van der Waals surface area (Å²) in [5.74, 6) is 1.37. The lowest BCUT2D eigenvalue weighted by Gasteiger charge is -2.27. The van der Waals surface area contributed by atoms with Crippen molar-refractivity contribution >= 4 is 5.97 Å². The zero-order valence-electron chi connectivity index (χ0n) is 19.2. The van der Waals surface area contributed by atoms with Gasteiger partial charge in [0.15, 0.2) is 0 Å². The second kappa shape index (κ2) is 11.1. The fourth-order valence-corrected chi connectivity index (χ4v) is 4.46. The lowest BCUT2D eigenvalue weighted by atomic mass is 9.78. The zero-order valence-corrected chi connectivity index (χ0v) is 19.2. The Morgan fingerprint density at radius 1 is 1.03 bits per heavy atom. The van der Waals surface area contributed by atoms with Crippen molar-refractivity contribution in [1.82, 2.24) is 0 Å². The summed E-state index contributed by atoms with van der Waals surface area (Å²) in [5, 5.41) is 9.43. The Bertz CT molecular complexity index is 900. The highest BCUT2D eigenvalue weighted by atomic mass is 16.5. The number of hydrogen-bond acceptors (Lipinski definition) is 3. The van der Waals surface area contributed by atoms with Gasteiger partial charge in [0.25, 0.3) is 0 Å². The van der Waals surface area contributed by atoms with Crippen molar-refractivity contribution in [2.75, 3.05) is 0 Å². The molecule has 164 valence electrons. The van der Waals surface area contributed by atoms with Crippen LogP contribution < -0.4 is 4.74 Å². The molecule has 0 aromatic heterocycles. The molecule has 0 amide bonds. The maximum Gasteiger partial charge on any atom is 0.314 e. The number of hydrogen-bond donors (Lipinski definition) is 0. The van der Waals surface area contributed by atoms with Crippen molar-refractivity contribution in [1.29, 1.82) is 5.26 Å². The van der Waals surface area contributed by atoms with Crippen molar-refractivity contribution in [2.24, 2.45) is 11.8 Å². The molecule has 0 heterocycles. The molecule has 3 rings (SSSR count). The minimum Gasteiger partial charge on any atom is -0.425 e. The van der Waals surface area contributed by atoms with Crippen LogP contribution in [0.25, 0.3) is 0 Å². The molecule has 2 aromatic rings. The molecule has 0 atom stereocenters. The lowest BCUT2D eigenvalue weighted by Crippen LogP contribution is -2.25. The molecule has 3 nitrogen and oxygen atoms in total. The summed E-state index contributed by atoms with van der Waals surface area (Å²) < 4.78 is 5.65. The number of ether oxygens (including phenoxy) is 1. The molecule has 1 aliphatic rings. The van der Waals surface area contributed by atoms with Gasteiger partial charge < -0.3 is 4.74 Å².